The summed E-state index contributed by atoms with van der Waals surface area (Å²) in [6, 6.07) is 12.3. The van der Waals surface area contributed by atoms with E-state index in [0.717, 1.165) is 16.7 Å². The number of benzene rings is 2. The molecule has 2 aromatic rings. The van der Waals surface area contributed by atoms with Gasteiger partial charge in [-0.2, -0.15) is 8.42 Å². The third kappa shape index (κ3) is 4.84. The van der Waals surface area contributed by atoms with E-state index in [1.807, 2.05) is 0 Å². The molecular formula is C20H19NO7S2. The van der Waals surface area contributed by atoms with Gasteiger partial charge < -0.3 is 13.7 Å². The quantitative estimate of drug-likeness (QED) is 0.448. The Bertz CT molecular complexity index is 1080. The molecule has 0 radical (unpaired) electrons. The van der Waals surface area contributed by atoms with Crippen LogP contribution in [0.15, 0.2) is 58.3 Å². The first kappa shape index (κ1) is 21.9. The second-order valence-corrected chi connectivity index (χ2v) is 8.63. The van der Waals surface area contributed by atoms with Gasteiger partial charge in [-0.05, 0) is 47.7 Å². The zero-order valence-electron chi connectivity index (χ0n) is 16.2. The van der Waals surface area contributed by atoms with E-state index in [4.69, 9.17) is 13.7 Å². The molecule has 2 aromatic carbocycles. The maximum absolute atomic E-state index is 12.4. The fraction of sp³-hybridized carbons (Fsp3) is 0.200. The second-order valence-electron chi connectivity index (χ2n) is 6.09. The molecule has 1 heterocycles. The second kappa shape index (κ2) is 9.33. The third-order valence-corrected chi connectivity index (χ3v) is 6.27. The Morgan fingerprint density at radius 1 is 1.03 bits per heavy atom. The highest BCUT2D eigenvalue weighted by molar-refractivity contribution is 8.18. The maximum atomic E-state index is 12.4. The number of rotatable bonds is 8. The van der Waals surface area contributed by atoms with E-state index in [1.54, 1.807) is 24.3 Å². The van der Waals surface area contributed by atoms with Gasteiger partial charge in [0.25, 0.3) is 11.1 Å². The summed E-state index contributed by atoms with van der Waals surface area (Å²) in [5.74, 6) is -0.235. The average molecular weight is 450 g/mol. The van der Waals surface area contributed by atoms with Crippen molar-refractivity contribution in [1.29, 1.82) is 0 Å². The van der Waals surface area contributed by atoms with Gasteiger partial charge in [-0.15, -0.1) is 0 Å². The van der Waals surface area contributed by atoms with Gasteiger partial charge in [0.05, 0.1) is 25.2 Å². The molecule has 0 atom stereocenters. The largest absolute Gasteiger partial charge is 0.493 e. The molecule has 0 saturated carbocycles. The highest BCUT2D eigenvalue weighted by atomic mass is 32.2. The van der Waals surface area contributed by atoms with Crippen LogP contribution in [0.5, 0.6) is 11.5 Å². The molecule has 0 N–H and O–H groups in total. The number of nitrogens with zero attached hydrogens (tertiary/aromatic N) is 1. The Morgan fingerprint density at radius 3 is 2.43 bits per heavy atom. The van der Waals surface area contributed by atoms with Crippen molar-refractivity contribution in [3.05, 3.63) is 59.0 Å². The average Bonchev–Trinajstić information content (AvgIpc) is 3.00. The molecule has 2 amide bonds. The number of thioether (sulfide) groups is 1. The van der Waals surface area contributed by atoms with Gasteiger partial charge in [0.2, 0.25) is 0 Å². The van der Waals surface area contributed by atoms with E-state index in [-0.39, 0.29) is 39.7 Å². The van der Waals surface area contributed by atoms with Crippen molar-refractivity contribution in [2.45, 2.75) is 4.90 Å². The molecule has 0 bridgehead atoms. The number of amides is 2. The van der Waals surface area contributed by atoms with Crippen LogP contribution < -0.4 is 8.92 Å². The molecule has 158 valence electrons. The van der Waals surface area contributed by atoms with Crippen LogP contribution in [-0.4, -0.2) is 51.8 Å². The van der Waals surface area contributed by atoms with Gasteiger partial charge in [0.15, 0.2) is 11.5 Å². The van der Waals surface area contributed by atoms with Gasteiger partial charge in [0, 0.05) is 7.11 Å². The summed E-state index contributed by atoms with van der Waals surface area (Å²) in [5, 5.41) is -0.371. The van der Waals surface area contributed by atoms with Crippen LogP contribution in [0.1, 0.15) is 5.56 Å². The number of ether oxygens (including phenoxy) is 2. The van der Waals surface area contributed by atoms with Crippen molar-refractivity contribution in [2.24, 2.45) is 0 Å². The van der Waals surface area contributed by atoms with Gasteiger partial charge >= 0.3 is 10.1 Å². The smallest absolute Gasteiger partial charge is 0.339 e. The van der Waals surface area contributed by atoms with Crippen LogP contribution in [0, 0.1) is 0 Å². The summed E-state index contributed by atoms with van der Waals surface area (Å²) in [6.07, 6.45) is 1.54. The Morgan fingerprint density at radius 2 is 1.77 bits per heavy atom. The zero-order valence-corrected chi connectivity index (χ0v) is 17.9. The highest BCUT2D eigenvalue weighted by Gasteiger charge is 2.34. The first-order chi connectivity index (χ1) is 14.4. The highest BCUT2D eigenvalue weighted by Crippen LogP contribution is 2.35. The van der Waals surface area contributed by atoms with Crippen molar-refractivity contribution in [3.63, 3.8) is 0 Å². The Kier molecular flexibility index (Phi) is 6.80. The molecule has 0 aromatic heterocycles. The molecule has 1 aliphatic heterocycles. The van der Waals surface area contributed by atoms with Crippen LogP contribution >= 0.6 is 11.8 Å². The maximum Gasteiger partial charge on any atom is 0.339 e. The van der Waals surface area contributed by atoms with Crippen molar-refractivity contribution in [3.8, 4) is 11.5 Å². The number of carbonyl (C=O) groups is 2. The first-order valence-electron chi connectivity index (χ1n) is 8.77. The summed E-state index contributed by atoms with van der Waals surface area (Å²) in [4.78, 5) is 25.8. The van der Waals surface area contributed by atoms with E-state index >= 15 is 0 Å². The lowest BCUT2D eigenvalue weighted by molar-refractivity contribution is -0.123. The molecule has 3 rings (SSSR count). The summed E-state index contributed by atoms with van der Waals surface area (Å²) in [7, 11) is -1.17. The summed E-state index contributed by atoms with van der Waals surface area (Å²) >= 11 is 0.827. The van der Waals surface area contributed by atoms with Gasteiger partial charge in [-0.1, -0.05) is 24.3 Å². The lowest BCUT2D eigenvalue weighted by Gasteiger charge is -2.12. The van der Waals surface area contributed by atoms with Crippen molar-refractivity contribution >= 4 is 39.1 Å². The van der Waals surface area contributed by atoms with E-state index in [0.29, 0.717) is 5.56 Å². The molecule has 0 aliphatic carbocycles. The molecule has 1 aliphatic rings. The van der Waals surface area contributed by atoms with E-state index in [1.165, 1.54) is 44.6 Å². The predicted molar refractivity (Wildman–Crippen MR) is 112 cm³/mol. The van der Waals surface area contributed by atoms with Crippen LogP contribution in [0.2, 0.25) is 0 Å². The molecular weight excluding hydrogens is 430 g/mol. The normalized spacial score (nSPS) is 15.7. The van der Waals surface area contributed by atoms with Crippen LogP contribution in [0.25, 0.3) is 6.08 Å². The fourth-order valence-corrected chi connectivity index (χ4v) is 4.45. The minimum Gasteiger partial charge on any atom is -0.493 e. The van der Waals surface area contributed by atoms with Gasteiger partial charge in [-0.3, -0.25) is 14.5 Å². The molecule has 1 fully saturated rings. The molecule has 8 nitrogen and oxygen atoms in total. The van der Waals surface area contributed by atoms with E-state index in [2.05, 4.69) is 0 Å². The monoisotopic (exact) mass is 449 g/mol. The predicted octanol–water partition coefficient (Wildman–Crippen LogP) is 3.15. The lowest BCUT2D eigenvalue weighted by Crippen LogP contribution is -2.31. The van der Waals surface area contributed by atoms with Crippen LogP contribution in [-0.2, 0) is 19.6 Å². The lowest BCUT2D eigenvalue weighted by atomic mass is 10.2. The molecule has 1 saturated heterocycles. The summed E-state index contributed by atoms with van der Waals surface area (Å²) < 4.78 is 40.3. The fourth-order valence-electron chi connectivity index (χ4n) is 2.62. The number of hydrogen-bond donors (Lipinski definition) is 0. The number of hydrogen-bond acceptors (Lipinski definition) is 8. The number of imide groups is 1. The first-order valence-corrected chi connectivity index (χ1v) is 11.0. The SMILES string of the molecule is COCCN1C(=O)S/C(=C\c2ccc(OS(=O)(=O)c3ccccc3)c(OC)c2)C1=O. The molecule has 30 heavy (non-hydrogen) atoms. The van der Waals surface area contributed by atoms with Crippen molar-refractivity contribution in [2.75, 3.05) is 27.4 Å². The summed E-state index contributed by atoms with van der Waals surface area (Å²) in [6.45, 7) is 0.424. The van der Waals surface area contributed by atoms with E-state index in [9.17, 15) is 18.0 Å². The minimum atomic E-state index is -4.03. The standard InChI is InChI=1S/C20H19NO7S2/c1-26-11-10-21-19(22)18(29-20(21)23)13-14-8-9-16(17(12-14)27-2)28-30(24,25)15-6-4-3-5-7-15/h3-9,12-13H,10-11H2,1-2H3/b18-13-. The van der Waals surface area contributed by atoms with Crippen molar-refractivity contribution in [1.82, 2.24) is 4.90 Å². The Balaban J connectivity index is 1.84. The van der Waals surface area contributed by atoms with Gasteiger partial charge in [-0.25, -0.2) is 0 Å². The summed E-state index contributed by atoms with van der Waals surface area (Å²) in [5.41, 5.74) is 0.550. The zero-order chi connectivity index (χ0) is 21.7. The van der Waals surface area contributed by atoms with Gasteiger partial charge in [0.1, 0.15) is 4.90 Å². The van der Waals surface area contributed by atoms with Crippen LogP contribution in [0.4, 0.5) is 4.79 Å². The Hall–Kier alpha value is -2.82. The Labute approximate surface area is 178 Å². The molecule has 10 heteroatoms. The van der Waals surface area contributed by atoms with E-state index < -0.39 is 16.0 Å². The minimum absolute atomic E-state index is 0.00621. The molecule has 0 spiro atoms. The van der Waals surface area contributed by atoms with Crippen LogP contribution in [0.3, 0.4) is 0 Å². The third-order valence-electron chi connectivity index (χ3n) is 4.11. The topological polar surface area (TPSA) is 99.2 Å². The number of carbonyl (C=O) groups excluding carboxylic acids is 2. The van der Waals surface area contributed by atoms with Crippen molar-refractivity contribution < 1.29 is 31.7 Å². The number of methoxy groups -OCH3 is 2. The molecule has 0 unspecified atom stereocenters.